The molecule has 6 heteroatoms. The summed E-state index contributed by atoms with van der Waals surface area (Å²) in [6, 6.07) is 16.3. The smallest absolute Gasteiger partial charge is 0.251 e. The third kappa shape index (κ3) is 3.45. The lowest BCUT2D eigenvalue weighted by molar-refractivity contribution is -0.124. The number of carbonyl (C=O) groups excluding carboxylic acids is 2. The number of amides is 2. The standard InChI is InChI=1S/C21H21BrN2O3/c22-16-8-6-15(7-9-16)21(27)10-12-23(13-11-21)18-14-19(25)24(20(18)26)17-4-2-1-3-5-17/h1-9,18,27H,10-14H2. The second-order valence-electron chi connectivity index (χ2n) is 7.20. The highest BCUT2D eigenvalue weighted by molar-refractivity contribution is 9.10. The van der Waals surface area contributed by atoms with E-state index in [0.717, 1.165) is 10.0 Å². The Balaban J connectivity index is 1.46. The molecule has 5 nitrogen and oxygen atoms in total. The molecule has 0 saturated carbocycles. The van der Waals surface area contributed by atoms with Crippen molar-refractivity contribution in [2.45, 2.75) is 30.9 Å². The number of hydrogen-bond donors (Lipinski definition) is 1. The van der Waals surface area contributed by atoms with Gasteiger partial charge < -0.3 is 5.11 Å². The molecule has 2 aliphatic heterocycles. The molecule has 27 heavy (non-hydrogen) atoms. The monoisotopic (exact) mass is 428 g/mol. The molecule has 1 atom stereocenters. The number of rotatable bonds is 3. The highest BCUT2D eigenvalue weighted by atomic mass is 79.9. The van der Waals surface area contributed by atoms with Crippen LogP contribution in [0.5, 0.6) is 0 Å². The van der Waals surface area contributed by atoms with Gasteiger partial charge in [0.2, 0.25) is 5.91 Å². The van der Waals surface area contributed by atoms with Crippen molar-refractivity contribution in [2.24, 2.45) is 0 Å². The summed E-state index contributed by atoms with van der Waals surface area (Å²) < 4.78 is 0.975. The molecule has 2 fully saturated rings. The van der Waals surface area contributed by atoms with Crippen molar-refractivity contribution in [3.8, 4) is 0 Å². The van der Waals surface area contributed by atoms with Crippen molar-refractivity contribution in [3.05, 3.63) is 64.6 Å². The normalized spacial score (nSPS) is 23.0. The van der Waals surface area contributed by atoms with Crippen LogP contribution in [0.15, 0.2) is 59.1 Å². The van der Waals surface area contributed by atoms with E-state index in [9.17, 15) is 14.7 Å². The first-order chi connectivity index (χ1) is 13.0. The summed E-state index contributed by atoms with van der Waals surface area (Å²) in [5.74, 6) is -0.328. The molecule has 0 spiro atoms. The largest absolute Gasteiger partial charge is 0.385 e. The number of piperidine rings is 1. The number of halogens is 1. The Labute approximate surface area is 166 Å². The minimum absolute atomic E-state index is 0.162. The number of nitrogens with zero attached hydrogens (tertiary/aromatic N) is 2. The average molecular weight is 429 g/mol. The first-order valence-corrected chi connectivity index (χ1v) is 9.91. The average Bonchev–Trinajstić information content (AvgIpc) is 2.98. The predicted octanol–water partition coefficient (Wildman–Crippen LogP) is 3.06. The van der Waals surface area contributed by atoms with Crippen LogP contribution >= 0.6 is 15.9 Å². The number of aliphatic hydroxyl groups is 1. The Morgan fingerprint density at radius 1 is 0.963 bits per heavy atom. The summed E-state index contributed by atoms with van der Waals surface area (Å²) in [6.07, 6.45) is 1.28. The van der Waals surface area contributed by atoms with Gasteiger partial charge in [0.05, 0.1) is 23.8 Å². The Hall–Kier alpha value is -2.02. The van der Waals surface area contributed by atoms with Crippen LogP contribution in [0, 0.1) is 0 Å². The van der Waals surface area contributed by atoms with Gasteiger partial charge in [0.25, 0.3) is 5.91 Å². The Bertz CT molecular complexity index is 845. The van der Waals surface area contributed by atoms with E-state index in [1.807, 2.05) is 47.4 Å². The quantitative estimate of drug-likeness (QED) is 0.763. The number of hydrogen-bond acceptors (Lipinski definition) is 4. The third-order valence-corrected chi connectivity index (χ3v) is 6.11. The van der Waals surface area contributed by atoms with Gasteiger partial charge in [-0.15, -0.1) is 0 Å². The van der Waals surface area contributed by atoms with Gasteiger partial charge >= 0.3 is 0 Å². The minimum Gasteiger partial charge on any atom is -0.385 e. The molecule has 0 aromatic heterocycles. The van der Waals surface area contributed by atoms with E-state index in [1.54, 1.807) is 12.1 Å². The number of likely N-dealkylation sites (tertiary alicyclic amines) is 1. The molecule has 2 heterocycles. The SMILES string of the molecule is O=C1CC(N2CCC(O)(c3ccc(Br)cc3)CC2)C(=O)N1c1ccccc1. The van der Waals surface area contributed by atoms with E-state index in [1.165, 1.54) is 4.90 Å². The van der Waals surface area contributed by atoms with Crippen LogP contribution in [0.25, 0.3) is 0 Å². The summed E-state index contributed by atoms with van der Waals surface area (Å²) >= 11 is 3.41. The van der Waals surface area contributed by atoms with Gasteiger partial charge in [0.15, 0.2) is 0 Å². The summed E-state index contributed by atoms with van der Waals surface area (Å²) in [4.78, 5) is 28.7. The van der Waals surface area contributed by atoms with Crippen LogP contribution in [0.2, 0.25) is 0 Å². The van der Waals surface area contributed by atoms with Crippen molar-refractivity contribution in [1.29, 1.82) is 0 Å². The second-order valence-corrected chi connectivity index (χ2v) is 8.11. The Morgan fingerprint density at radius 3 is 2.22 bits per heavy atom. The summed E-state index contributed by atoms with van der Waals surface area (Å²) in [5, 5.41) is 11.0. The van der Waals surface area contributed by atoms with E-state index in [-0.39, 0.29) is 18.2 Å². The first kappa shape index (κ1) is 18.3. The minimum atomic E-state index is -0.887. The molecule has 2 saturated heterocycles. The molecular formula is C21H21BrN2O3. The zero-order chi connectivity index (χ0) is 19.0. The van der Waals surface area contributed by atoms with E-state index >= 15 is 0 Å². The molecule has 2 amide bonds. The lowest BCUT2D eigenvalue weighted by atomic mass is 9.84. The van der Waals surface area contributed by atoms with Gasteiger partial charge in [-0.25, -0.2) is 4.90 Å². The zero-order valence-corrected chi connectivity index (χ0v) is 16.4. The number of para-hydroxylation sites is 1. The van der Waals surface area contributed by atoms with Gasteiger partial charge in [0, 0.05) is 17.6 Å². The van der Waals surface area contributed by atoms with Crippen molar-refractivity contribution >= 4 is 33.4 Å². The molecule has 0 aliphatic carbocycles. The second kappa shape index (κ2) is 7.19. The van der Waals surface area contributed by atoms with Gasteiger partial charge in [-0.3, -0.25) is 14.5 Å². The molecule has 4 rings (SSSR count). The fourth-order valence-electron chi connectivity index (χ4n) is 4.00. The summed E-state index contributed by atoms with van der Waals surface area (Å²) in [5.41, 5.74) is 0.630. The fourth-order valence-corrected chi connectivity index (χ4v) is 4.27. The highest BCUT2D eigenvalue weighted by Crippen LogP contribution is 2.36. The number of carbonyl (C=O) groups is 2. The van der Waals surface area contributed by atoms with Gasteiger partial charge in [-0.05, 0) is 42.7 Å². The van der Waals surface area contributed by atoms with Crippen LogP contribution in [0.1, 0.15) is 24.8 Å². The summed E-state index contributed by atoms with van der Waals surface area (Å²) in [7, 11) is 0. The van der Waals surface area contributed by atoms with Crippen LogP contribution in [0.3, 0.4) is 0 Å². The highest BCUT2D eigenvalue weighted by Gasteiger charge is 2.45. The van der Waals surface area contributed by atoms with Crippen LogP contribution in [0.4, 0.5) is 5.69 Å². The Morgan fingerprint density at radius 2 is 1.59 bits per heavy atom. The summed E-state index contributed by atoms with van der Waals surface area (Å²) in [6.45, 7) is 1.16. The van der Waals surface area contributed by atoms with Crippen molar-refractivity contribution in [2.75, 3.05) is 18.0 Å². The van der Waals surface area contributed by atoms with E-state index < -0.39 is 11.6 Å². The van der Waals surface area contributed by atoms with Crippen molar-refractivity contribution in [3.63, 3.8) is 0 Å². The van der Waals surface area contributed by atoms with E-state index in [4.69, 9.17) is 0 Å². The molecule has 0 radical (unpaired) electrons. The van der Waals surface area contributed by atoms with Crippen molar-refractivity contribution in [1.82, 2.24) is 4.90 Å². The molecular weight excluding hydrogens is 408 g/mol. The van der Waals surface area contributed by atoms with Crippen molar-refractivity contribution < 1.29 is 14.7 Å². The van der Waals surface area contributed by atoms with Gasteiger partial charge in [0.1, 0.15) is 0 Å². The molecule has 1 N–H and O–H groups in total. The number of benzene rings is 2. The van der Waals surface area contributed by atoms with E-state index in [0.29, 0.717) is 31.6 Å². The molecule has 0 bridgehead atoms. The van der Waals surface area contributed by atoms with Gasteiger partial charge in [-0.1, -0.05) is 46.3 Å². The van der Waals surface area contributed by atoms with Crippen LogP contribution in [-0.2, 0) is 15.2 Å². The maximum absolute atomic E-state index is 12.9. The molecule has 2 aromatic carbocycles. The number of imide groups is 1. The Kier molecular flexibility index (Phi) is 4.88. The molecule has 2 aliphatic rings. The van der Waals surface area contributed by atoms with Crippen LogP contribution in [-0.4, -0.2) is 41.0 Å². The number of anilines is 1. The lowest BCUT2D eigenvalue weighted by Crippen LogP contribution is -2.49. The molecule has 140 valence electrons. The maximum atomic E-state index is 12.9. The predicted molar refractivity (Wildman–Crippen MR) is 106 cm³/mol. The van der Waals surface area contributed by atoms with Gasteiger partial charge in [-0.2, -0.15) is 0 Å². The first-order valence-electron chi connectivity index (χ1n) is 9.12. The van der Waals surface area contributed by atoms with E-state index in [2.05, 4.69) is 15.9 Å². The third-order valence-electron chi connectivity index (χ3n) is 5.58. The lowest BCUT2D eigenvalue weighted by Gasteiger charge is -2.40. The maximum Gasteiger partial charge on any atom is 0.251 e. The zero-order valence-electron chi connectivity index (χ0n) is 14.8. The topological polar surface area (TPSA) is 60.9 Å². The fraction of sp³-hybridized carbons (Fsp3) is 0.333. The van der Waals surface area contributed by atoms with Crippen LogP contribution < -0.4 is 4.90 Å². The molecule has 1 unspecified atom stereocenters. The molecule has 2 aromatic rings.